The number of carboxylic acids is 1. The molecule has 1 heterocycles. The van der Waals surface area contributed by atoms with Gasteiger partial charge in [-0.05, 0) is 69.3 Å². The minimum atomic E-state index is -0.831. The summed E-state index contributed by atoms with van der Waals surface area (Å²) in [6.07, 6.45) is 7.52. The third kappa shape index (κ3) is 1.60. The molecule has 4 aliphatic carbocycles. The average Bonchev–Trinajstić information content (AvgIpc) is 2.70. The van der Waals surface area contributed by atoms with Gasteiger partial charge in [0.05, 0.1) is 0 Å². The topological polar surface area (TPSA) is 50.4 Å². The number of rotatable bonds is 2. The SMILES string of the molecule is Cc1cc(C(=O)O)c(C23CC4CC(CC(C4)C2)C3)o1. The Morgan fingerprint density at radius 3 is 2.21 bits per heavy atom. The Balaban J connectivity index is 1.81. The van der Waals surface area contributed by atoms with Crippen LogP contribution in [0.1, 0.15) is 60.4 Å². The Bertz CT molecular complexity index is 505. The number of aromatic carboxylic acids is 1. The highest BCUT2D eigenvalue weighted by Gasteiger charge is 2.54. The molecule has 1 aromatic rings. The Morgan fingerprint density at radius 1 is 1.21 bits per heavy atom. The zero-order valence-corrected chi connectivity index (χ0v) is 11.3. The van der Waals surface area contributed by atoms with Gasteiger partial charge in [0.2, 0.25) is 0 Å². The summed E-state index contributed by atoms with van der Waals surface area (Å²) in [6.45, 7) is 1.86. The quantitative estimate of drug-likeness (QED) is 0.881. The van der Waals surface area contributed by atoms with Crippen LogP contribution in [-0.4, -0.2) is 11.1 Å². The molecule has 4 saturated carbocycles. The summed E-state index contributed by atoms with van der Waals surface area (Å²) in [5, 5.41) is 9.42. The fraction of sp³-hybridized carbons (Fsp3) is 0.688. The molecule has 0 spiro atoms. The van der Waals surface area contributed by atoms with Crippen LogP contribution in [0.4, 0.5) is 0 Å². The van der Waals surface area contributed by atoms with Gasteiger partial charge in [0.25, 0.3) is 0 Å². The maximum absolute atomic E-state index is 11.5. The second kappa shape index (κ2) is 3.65. The van der Waals surface area contributed by atoms with Gasteiger partial charge in [-0.25, -0.2) is 4.79 Å². The van der Waals surface area contributed by atoms with E-state index in [-0.39, 0.29) is 5.41 Å². The summed E-state index contributed by atoms with van der Waals surface area (Å²) in [4.78, 5) is 11.5. The van der Waals surface area contributed by atoms with Crippen molar-refractivity contribution in [1.82, 2.24) is 0 Å². The number of hydrogen-bond acceptors (Lipinski definition) is 2. The van der Waals surface area contributed by atoms with E-state index in [9.17, 15) is 9.90 Å². The average molecular weight is 260 g/mol. The maximum atomic E-state index is 11.5. The van der Waals surface area contributed by atoms with Crippen LogP contribution in [0.2, 0.25) is 0 Å². The lowest BCUT2D eigenvalue weighted by Crippen LogP contribution is -2.48. The van der Waals surface area contributed by atoms with Crippen LogP contribution in [0.25, 0.3) is 0 Å². The molecule has 4 fully saturated rings. The van der Waals surface area contributed by atoms with E-state index in [4.69, 9.17) is 4.42 Å². The lowest BCUT2D eigenvalue weighted by molar-refractivity contribution is -0.0161. The van der Waals surface area contributed by atoms with Crippen molar-refractivity contribution in [2.45, 2.75) is 50.9 Å². The molecule has 0 unspecified atom stereocenters. The third-order valence-corrected chi connectivity index (χ3v) is 5.61. The summed E-state index contributed by atoms with van der Waals surface area (Å²) >= 11 is 0. The highest BCUT2D eigenvalue weighted by Crippen LogP contribution is 2.61. The van der Waals surface area contributed by atoms with Crippen molar-refractivity contribution in [3.05, 3.63) is 23.2 Å². The normalized spacial score (nSPS) is 39.7. The van der Waals surface area contributed by atoms with Gasteiger partial charge in [-0.2, -0.15) is 0 Å². The van der Waals surface area contributed by atoms with Gasteiger partial charge in [0.1, 0.15) is 17.1 Å². The van der Waals surface area contributed by atoms with Crippen LogP contribution in [0.5, 0.6) is 0 Å². The molecule has 1 N–H and O–H groups in total. The molecule has 0 amide bonds. The van der Waals surface area contributed by atoms with E-state index in [0.717, 1.165) is 48.5 Å². The summed E-state index contributed by atoms with van der Waals surface area (Å²) < 4.78 is 5.88. The Kier molecular flexibility index (Phi) is 2.22. The summed E-state index contributed by atoms with van der Waals surface area (Å²) in [7, 11) is 0. The van der Waals surface area contributed by atoms with Gasteiger partial charge in [0.15, 0.2) is 0 Å². The minimum Gasteiger partial charge on any atom is -0.478 e. The molecule has 102 valence electrons. The van der Waals surface area contributed by atoms with Gasteiger partial charge in [-0.1, -0.05) is 0 Å². The van der Waals surface area contributed by atoms with Gasteiger partial charge >= 0.3 is 5.97 Å². The second-order valence-corrected chi connectivity index (χ2v) is 7.10. The van der Waals surface area contributed by atoms with E-state index in [0.29, 0.717) is 5.56 Å². The summed E-state index contributed by atoms with van der Waals surface area (Å²) in [6, 6.07) is 1.70. The van der Waals surface area contributed by atoms with Crippen LogP contribution in [-0.2, 0) is 5.41 Å². The van der Waals surface area contributed by atoms with Crippen molar-refractivity contribution in [2.75, 3.05) is 0 Å². The number of hydrogen-bond donors (Lipinski definition) is 1. The zero-order valence-electron chi connectivity index (χ0n) is 11.3. The molecule has 4 bridgehead atoms. The van der Waals surface area contributed by atoms with Crippen LogP contribution < -0.4 is 0 Å². The van der Waals surface area contributed by atoms with Crippen molar-refractivity contribution in [3.8, 4) is 0 Å². The number of carbonyl (C=O) groups is 1. The molecule has 1 aromatic heterocycles. The molecule has 0 radical (unpaired) electrons. The van der Waals surface area contributed by atoms with E-state index in [1.807, 2.05) is 6.92 Å². The van der Waals surface area contributed by atoms with E-state index < -0.39 is 5.97 Å². The smallest absolute Gasteiger partial charge is 0.339 e. The van der Waals surface area contributed by atoms with E-state index in [1.54, 1.807) is 6.07 Å². The monoisotopic (exact) mass is 260 g/mol. The van der Waals surface area contributed by atoms with Crippen LogP contribution in [0.15, 0.2) is 10.5 Å². The first kappa shape index (κ1) is 11.6. The van der Waals surface area contributed by atoms with Gasteiger partial charge in [0, 0.05) is 5.41 Å². The minimum absolute atomic E-state index is 0.0384. The molecule has 19 heavy (non-hydrogen) atoms. The molecule has 0 atom stereocenters. The molecule has 0 saturated heterocycles. The number of aryl methyl sites for hydroxylation is 1. The highest BCUT2D eigenvalue weighted by molar-refractivity contribution is 5.89. The van der Waals surface area contributed by atoms with E-state index >= 15 is 0 Å². The van der Waals surface area contributed by atoms with Crippen LogP contribution in [0, 0.1) is 24.7 Å². The van der Waals surface area contributed by atoms with Crippen LogP contribution in [0.3, 0.4) is 0 Å². The molecular formula is C16H20O3. The zero-order chi connectivity index (χ0) is 13.2. The van der Waals surface area contributed by atoms with Crippen molar-refractivity contribution in [2.24, 2.45) is 17.8 Å². The number of furan rings is 1. The number of carboxylic acid groups (broad SMARTS) is 1. The fourth-order valence-electron chi connectivity index (χ4n) is 5.46. The standard InChI is InChI=1S/C16H20O3/c1-9-2-13(15(17)18)14(19-9)16-6-10-3-11(7-16)5-12(4-10)8-16/h2,10-12H,3-8H2,1H3,(H,17,18). The molecule has 0 aliphatic heterocycles. The first-order valence-electron chi connectivity index (χ1n) is 7.40. The lowest BCUT2D eigenvalue weighted by Gasteiger charge is -2.56. The molecule has 5 rings (SSSR count). The van der Waals surface area contributed by atoms with Crippen molar-refractivity contribution in [3.63, 3.8) is 0 Å². The van der Waals surface area contributed by atoms with Crippen molar-refractivity contribution < 1.29 is 14.3 Å². The molecular weight excluding hydrogens is 240 g/mol. The molecule has 3 nitrogen and oxygen atoms in total. The van der Waals surface area contributed by atoms with Crippen molar-refractivity contribution in [1.29, 1.82) is 0 Å². The maximum Gasteiger partial charge on any atom is 0.339 e. The van der Waals surface area contributed by atoms with Crippen LogP contribution >= 0.6 is 0 Å². The van der Waals surface area contributed by atoms with Crippen molar-refractivity contribution >= 4 is 5.97 Å². The predicted octanol–water partition coefficient (Wildman–Crippen LogP) is 3.75. The van der Waals surface area contributed by atoms with Gasteiger partial charge < -0.3 is 9.52 Å². The lowest BCUT2D eigenvalue weighted by atomic mass is 9.49. The Morgan fingerprint density at radius 2 is 1.74 bits per heavy atom. The first-order chi connectivity index (χ1) is 9.06. The Labute approximate surface area is 113 Å². The van der Waals surface area contributed by atoms with E-state index in [1.165, 1.54) is 19.3 Å². The summed E-state index contributed by atoms with van der Waals surface area (Å²) in [5.41, 5.74) is 0.455. The summed E-state index contributed by atoms with van der Waals surface area (Å²) in [5.74, 6) is 3.11. The fourth-order valence-corrected chi connectivity index (χ4v) is 5.46. The third-order valence-electron chi connectivity index (χ3n) is 5.61. The molecule has 3 heteroatoms. The van der Waals surface area contributed by atoms with Gasteiger partial charge in [-0.3, -0.25) is 0 Å². The van der Waals surface area contributed by atoms with Gasteiger partial charge in [-0.15, -0.1) is 0 Å². The Hall–Kier alpha value is -1.25. The predicted molar refractivity (Wildman–Crippen MR) is 70.3 cm³/mol. The highest BCUT2D eigenvalue weighted by atomic mass is 16.4. The van der Waals surface area contributed by atoms with E-state index in [2.05, 4.69) is 0 Å². The first-order valence-corrected chi connectivity index (χ1v) is 7.40. The largest absolute Gasteiger partial charge is 0.478 e. The molecule has 0 aromatic carbocycles. The molecule has 4 aliphatic rings. The second-order valence-electron chi connectivity index (χ2n) is 7.10.